The number of aromatic amines is 1. The van der Waals surface area contributed by atoms with Crippen molar-refractivity contribution in [3.8, 4) is 0 Å². The zero-order chi connectivity index (χ0) is 11.5. The molecule has 3 nitrogen and oxygen atoms in total. The van der Waals surface area contributed by atoms with Crippen LogP contribution < -0.4 is 5.32 Å². The first-order valence-corrected chi connectivity index (χ1v) is 6.53. The van der Waals surface area contributed by atoms with Crippen LogP contribution in [0, 0.1) is 5.92 Å². The highest BCUT2D eigenvalue weighted by Crippen LogP contribution is 2.58. The SMILES string of the molecule is Clc1cccc2c(C34CCNCC3C4)n[nH]c12. The van der Waals surface area contributed by atoms with Crippen molar-refractivity contribution >= 4 is 22.5 Å². The third kappa shape index (κ3) is 1.24. The number of aromatic nitrogens is 2. The molecule has 17 heavy (non-hydrogen) atoms. The fourth-order valence-corrected chi connectivity index (χ4v) is 3.55. The number of para-hydroxylation sites is 1. The second-order valence-corrected chi connectivity index (χ2v) is 5.65. The van der Waals surface area contributed by atoms with Gasteiger partial charge in [-0.15, -0.1) is 0 Å². The Bertz CT molecular complexity index is 591. The topological polar surface area (TPSA) is 40.7 Å². The molecule has 1 aromatic carbocycles. The number of nitrogens with zero attached hydrogens (tertiary/aromatic N) is 1. The van der Waals surface area contributed by atoms with Crippen molar-refractivity contribution in [2.24, 2.45) is 5.92 Å². The van der Waals surface area contributed by atoms with Gasteiger partial charge in [-0.1, -0.05) is 23.7 Å². The van der Waals surface area contributed by atoms with Gasteiger partial charge in [0.1, 0.15) is 0 Å². The maximum Gasteiger partial charge on any atom is 0.0839 e. The highest BCUT2D eigenvalue weighted by atomic mass is 35.5. The minimum absolute atomic E-state index is 0.328. The molecule has 1 aliphatic heterocycles. The summed E-state index contributed by atoms with van der Waals surface area (Å²) in [7, 11) is 0. The molecule has 88 valence electrons. The van der Waals surface area contributed by atoms with Crippen LogP contribution in [-0.2, 0) is 5.41 Å². The van der Waals surface area contributed by atoms with E-state index in [0.29, 0.717) is 5.41 Å². The van der Waals surface area contributed by atoms with Gasteiger partial charge >= 0.3 is 0 Å². The smallest absolute Gasteiger partial charge is 0.0839 e. The monoisotopic (exact) mass is 247 g/mol. The molecule has 1 saturated carbocycles. The molecule has 2 N–H and O–H groups in total. The third-order valence-corrected chi connectivity index (χ3v) is 4.71. The number of nitrogens with one attached hydrogen (secondary N) is 2. The predicted octanol–water partition coefficient (Wildman–Crippen LogP) is 2.47. The van der Waals surface area contributed by atoms with E-state index in [1.165, 1.54) is 23.9 Å². The average Bonchev–Trinajstić information content (AvgIpc) is 2.93. The number of fused-ring (bicyclic) bond motifs is 2. The molecule has 0 spiro atoms. The molecule has 2 aromatic rings. The molecule has 4 rings (SSSR count). The lowest BCUT2D eigenvalue weighted by Crippen LogP contribution is -2.31. The van der Waals surface area contributed by atoms with E-state index in [4.69, 9.17) is 11.6 Å². The van der Waals surface area contributed by atoms with Gasteiger partial charge in [-0.25, -0.2) is 0 Å². The second-order valence-electron chi connectivity index (χ2n) is 5.25. The van der Waals surface area contributed by atoms with Crippen LogP contribution in [0.3, 0.4) is 0 Å². The van der Waals surface area contributed by atoms with Crippen molar-refractivity contribution in [2.75, 3.05) is 13.1 Å². The first kappa shape index (κ1) is 9.92. The number of halogens is 1. The Balaban J connectivity index is 1.90. The van der Waals surface area contributed by atoms with Crippen molar-refractivity contribution < 1.29 is 0 Å². The lowest BCUT2D eigenvalue weighted by molar-refractivity contribution is 0.439. The van der Waals surface area contributed by atoms with E-state index in [9.17, 15) is 0 Å². The number of rotatable bonds is 1. The summed E-state index contributed by atoms with van der Waals surface area (Å²) < 4.78 is 0. The first-order valence-electron chi connectivity index (χ1n) is 6.15. The zero-order valence-corrected chi connectivity index (χ0v) is 10.2. The van der Waals surface area contributed by atoms with Gasteiger partial charge in [-0.2, -0.15) is 5.10 Å². The van der Waals surface area contributed by atoms with Gasteiger partial charge in [0, 0.05) is 10.8 Å². The van der Waals surface area contributed by atoms with Crippen molar-refractivity contribution in [1.29, 1.82) is 0 Å². The molecule has 1 aliphatic carbocycles. The summed E-state index contributed by atoms with van der Waals surface area (Å²) in [5.74, 6) is 0.765. The van der Waals surface area contributed by atoms with Gasteiger partial charge in [0.15, 0.2) is 0 Å². The van der Waals surface area contributed by atoms with Gasteiger partial charge in [-0.3, -0.25) is 5.10 Å². The molecule has 2 unspecified atom stereocenters. The molecule has 4 heteroatoms. The van der Waals surface area contributed by atoms with Crippen molar-refractivity contribution in [2.45, 2.75) is 18.3 Å². The molecule has 0 amide bonds. The van der Waals surface area contributed by atoms with E-state index in [1.54, 1.807) is 0 Å². The summed E-state index contributed by atoms with van der Waals surface area (Å²) in [6, 6.07) is 6.06. The summed E-state index contributed by atoms with van der Waals surface area (Å²) in [5.41, 5.74) is 2.55. The molecule has 2 atom stereocenters. The quantitative estimate of drug-likeness (QED) is 0.813. The lowest BCUT2D eigenvalue weighted by atomic mass is 9.90. The maximum absolute atomic E-state index is 6.18. The minimum Gasteiger partial charge on any atom is -0.316 e. The van der Waals surface area contributed by atoms with Gasteiger partial charge < -0.3 is 5.32 Å². The van der Waals surface area contributed by atoms with Crippen molar-refractivity contribution in [3.63, 3.8) is 0 Å². The second kappa shape index (κ2) is 3.24. The summed E-state index contributed by atoms with van der Waals surface area (Å²) in [5, 5.41) is 13.1. The zero-order valence-electron chi connectivity index (χ0n) is 9.46. The molecule has 1 aromatic heterocycles. The molecule has 2 aliphatic rings. The van der Waals surface area contributed by atoms with E-state index < -0.39 is 0 Å². The van der Waals surface area contributed by atoms with Crippen LogP contribution in [0.2, 0.25) is 5.02 Å². The van der Waals surface area contributed by atoms with E-state index in [0.717, 1.165) is 29.5 Å². The first-order chi connectivity index (χ1) is 8.31. The Morgan fingerprint density at radius 2 is 2.35 bits per heavy atom. The van der Waals surface area contributed by atoms with Crippen LogP contribution in [0.5, 0.6) is 0 Å². The number of hydrogen-bond acceptors (Lipinski definition) is 2. The fourth-order valence-electron chi connectivity index (χ4n) is 3.34. The van der Waals surface area contributed by atoms with E-state index in [1.807, 2.05) is 12.1 Å². The summed E-state index contributed by atoms with van der Waals surface area (Å²) in [4.78, 5) is 0. The van der Waals surface area contributed by atoms with Crippen molar-refractivity contribution in [1.82, 2.24) is 15.5 Å². The Morgan fingerprint density at radius 1 is 1.41 bits per heavy atom. The van der Waals surface area contributed by atoms with Crippen molar-refractivity contribution in [3.05, 3.63) is 28.9 Å². The fraction of sp³-hybridized carbons (Fsp3) is 0.462. The molecule has 0 bridgehead atoms. The van der Waals surface area contributed by atoms with Crippen LogP contribution >= 0.6 is 11.6 Å². The predicted molar refractivity (Wildman–Crippen MR) is 68.4 cm³/mol. The van der Waals surface area contributed by atoms with Gasteiger partial charge in [0.05, 0.1) is 16.2 Å². The lowest BCUT2D eigenvalue weighted by Gasteiger charge is -2.21. The molecule has 0 radical (unpaired) electrons. The number of H-pyrrole nitrogens is 1. The van der Waals surface area contributed by atoms with Gasteiger partial charge in [0.2, 0.25) is 0 Å². The molecule has 1 saturated heterocycles. The van der Waals surface area contributed by atoms with Crippen LogP contribution in [0.1, 0.15) is 18.5 Å². The Labute approximate surface area is 105 Å². The van der Waals surface area contributed by atoms with Gasteiger partial charge in [0.25, 0.3) is 0 Å². The molecular weight excluding hydrogens is 234 g/mol. The summed E-state index contributed by atoms with van der Waals surface area (Å²) >= 11 is 6.18. The van der Waals surface area contributed by atoms with Gasteiger partial charge in [-0.05, 0) is 37.9 Å². The normalized spacial score (nSPS) is 31.5. The Morgan fingerprint density at radius 3 is 3.24 bits per heavy atom. The van der Waals surface area contributed by atoms with Crippen LogP contribution in [-0.4, -0.2) is 23.3 Å². The Hall–Kier alpha value is -1.06. The molecule has 2 heterocycles. The highest BCUT2D eigenvalue weighted by Gasteiger charge is 2.58. The van der Waals surface area contributed by atoms with Crippen LogP contribution in [0.25, 0.3) is 10.9 Å². The largest absolute Gasteiger partial charge is 0.316 e. The maximum atomic E-state index is 6.18. The summed E-state index contributed by atoms with van der Waals surface area (Å²) in [6.45, 7) is 2.24. The molecular formula is C13H14ClN3. The minimum atomic E-state index is 0.328. The van der Waals surface area contributed by atoms with Crippen LogP contribution in [0.4, 0.5) is 0 Å². The average molecular weight is 248 g/mol. The Kier molecular flexibility index (Phi) is 1.89. The number of hydrogen-bond donors (Lipinski definition) is 2. The highest BCUT2D eigenvalue weighted by molar-refractivity contribution is 6.35. The van der Waals surface area contributed by atoms with E-state index in [2.05, 4.69) is 21.6 Å². The number of benzene rings is 1. The van der Waals surface area contributed by atoms with E-state index >= 15 is 0 Å². The third-order valence-electron chi connectivity index (χ3n) is 4.39. The standard InChI is InChI=1S/C13H14ClN3/c14-10-3-1-2-9-11(10)16-17-12(9)13-4-5-15-7-8(13)6-13/h1-3,8,15H,4-7H2,(H,16,17). The van der Waals surface area contributed by atoms with Crippen LogP contribution in [0.15, 0.2) is 18.2 Å². The summed E-state index contributed by atoms with van der Waals surface area (Å²) in [6.07, 6.45) is 2.47. The van der Waals surface area contributed by atoms with E-state index in [-0.39, 0.29) is 0 Å². The number of piperidine rings is 1. The molecule has 2 fully saturated rings.